The summed E-state index contributed by atoms with van der Waals surface area (Å²) in [5.41, 5.74) is -1.39. The van der Waals surface area contributed by atoms with Crippen LogP contribution in [0.3, 0.4) is 0 Å². The van der Waals surface area contributed by atoms with Crippen molar-refractivity contribution in [3.63, 3.8) is 0 Å². The molecule has 278 valence electrons. The van der Waals surface area contributed by atoms with Crippen molar-refractivity contribution in [1.82, 2.24) is 14.0 Å². The van der Waals surface area contributed by atoms with E-state index in [4.69, 9.17) is 9.26 Å². The molecule has 0 aliphatic carbocycles. The summed E-state index contributed by atoms with van der Waals surface area (Å²) in [6.45, 7) is -1.67. The molecule has 6 rings (SSSR count). The summed E-state index contributed by atoms with van der Waals surface area (Å²) in [6, 6.07) is 17.5. The van der Waals surface area contributed by atoms with Gasteiger partial charge in [0.1, 0.15) is 24.0 Å². The largest absolute Gasteiger partial charge is 0.490 e. The first-order valence-electron chi connectivity index (χ1n) is 14.8. The van der Waals surface area contributed by atoms with E-state index in [9.17, 15) is 56.6 Å². The lowest BCUT2D eigenvalue weighted by atomic mass is 10.1. The van der Waals surface area contributed by atoms with Gasteiger partial charge in [0.2, 0.25) is 0 Å². The number of aliphatic hydroxyl groups is 2. The Balaban J connectivity index is 1.08. The molecule has 1 aliphatic rings. The Labute approximate surface area is 289 Å². The molecule has 3 heterocycles. The van der Waals surface area contributed by atoms with Gasteiger partial charge in [-0.1, -0.05) is 48.5 Å². The van der Waals surface area contributed by atoms with E-state index in [0.717, 1.165) is 44.3 Å². The van der Waals surface area contributed by atoms with E-state index in [-0.39, 0.29) is 16.9 Å². The number of fused-ring (bicyclic) bond motifs is 2. The van der Waals surface area contributed by atoms with Gasteiger partial charge in [0, 0.05) is 18.0 Å². The van der Waals surface area contributed by atoms with Crippen LogP contribution in [0.4, 0.5) is 13.2 Å². The Morgan fingerprint density at radius 3 is 2.23 bits per heavy atom. The highest BCUT2D eigenvalue weighted by Gasteiger charge is 2.47. The SMILES string of the molecule is O=c1n(C2OC(COP(=O)(O)OP(=O)(O)OP(=O)(O)OCc3ccc4ccccc4c3)C(O)C2O)ccc2nc(-c3cccc(C(F)(F)F)c3)cn12. The zero-order chi connectivity index (χ0) is 37.6. The summed E-state index contributed by atoms with van der Waals surface area (Å²) in [5, 5.41) is 22.8. The van der Waals surface area contributed by atoms with Gasteiger partial charge in [-0.2, -0.15) is 21.8 Å². The van der Waals surface area contributed by atoms with Gasteiger partial charge >= 0.3 is 35.3 Å². The first-order valence-corrected chi connectivity index (χ1v) is 19.3. The van der Waals surface area contributed by atoms with Crippen molar-refractivity contribution < 1.29 is 74.2 Å². The highest BCUT2D eigenvalue weighted by molar-refractivity contribution is 7.66. The number of halogens is 3. The predicted octanol–water partition coefficient (Wildman–Crippen LogP) is 4.52. The Morgan fingerprint density at radius 2 is 1.52 bits per heavy atom. The third kappa shape index (κ3) is 8.62. The molecule has 0 saturated carbocycles. The summed E-state index contributed by atoms with van der Waals surface area (Å²) in [4.78, 5) is 47.3. The molecule has 52 heavy (non-hydrogen) atoms. The van der Waals surface area contributed by atoms with Crippen molar-refractivity contribution in [3.8, 4) is 11.3 Å². The number of aromatic nitrogens is 3. The molecule has 1 fully saturated rings. The second-order valence-corrected chi connectivity index (χ2v) is 15.9. The fourth-order valence-corrected chi connectivity index (χ4v) is 8.76. The van der Waals surface area contributed by atoms with Crippen molar-refractivity contribution in [2.45, 2.75) is 37.3 Å². The fraction of sp³-hybridized carbons (Fsp3) is 0.241. The average Bonchev–Trinajstić information content (AvgIpc) is 3.63. The lowest BCUT2D eigenvalue weighted by molar-refractivity contribution is -0.137. The molecule has 3 aromatic carbocycles. The molecular formula is C29H27F3N3O14P3. The second-order valence-electron chi connectivity index (χ2n) is 11.3. The number of phosphoric ester groups is 2. The van der Waals surface area contributed by atoms with Gasteiger partial charge in [-0.05, 0) is 40.6 Å². The molecule has 1 saturated heterocycles. The number of hydrogen-bond acceptors (Lipinski definition) is 12. The van der Waals surface area contributed by atoms with Crippen molar-refractivity contribution in [1.29, 1.82) is 0 Å². The minimum Gasteiger partial charge on any atom is -0.387 e. The van der Waals surface area contributed by atoms with Crippen LogP contribution in [0.2, 0.25) is 0 Å². The molecule has 2 aromatic heterocycles. The Hall–Kier alpha value is -3.58. The molecular weight excluding hydrogens is 764 g/mol. The predicted molar refractivity (Wildman–Crippen MR) is 172 cm³/mol. The average molecular weight is 791 g/mol. The molecule has 5 aromatic rings. The quantitative estimate of drug-likeness (QED) is 0.109. The number of nitrogens with zero attached hydrogens (tertiary/aromatic N) is 3. The number of phosphoric acid groups is 3. The molecule has 23 heteroatoms. The lowest BCUT2D eigenvalue weighted by Crippen LogP contribution is -2.36. The number of benzene rings is 3. The molecule has 7 unspecified atom stereocenters. The maximum atomic E-state index is 13.3. The van der Waals surface area contributed by atoms with Gasteiger partial charge < -0.3 is 29.6 Å². The highest BCUT2D eigenvalue weighted by atomic mass is 31.3. The van der Waals surface area contributed by atoms with Crippen LogP contribution in [0, 0.1) is 0 Å². The number of alkyl halides is 3. The van der Waals surface area contributed by atoms with Crippen molar-refractivity contribution in [2.24, 2.45) is 0 Å². The molecule has 1 aliphatic heterocycles. The van der Waals surface area contributed by atoms with Crippen LogP contribution in [-0.2, 0) is 48.9 Å². The van der Waals surface area contributed by atoms with Crippen LogP contribution in [0.5, 0.6) is 0 Å². The van der Waals surface area contributed by atoms with Gasteiger partial charge in [0.15, 0.2) is 6.23 Å². The van der Waals surface area contributed by atoms with E-state index in [2.05, 4.69) is 18.1 Å². The van der Waals surface area contributed by atoms with Crippen LogP contribution < -0.4 is 5.69 Å². The van der Waals surface area contributed by atoms with E-state index < -0.39 is 78.7 Å². The van der Waals surface area contributed by atoms with Gasteiger partial charge in [0.25, 0.3) is 0 Å². The number of rotatable bonds is 12. The zero-order valence-corrected chi connectivity index (χ0v) is 28.7. The Kier molecular flexibility index (Phi) is 10.5. The number of aliphatic hydroxyl groups excluding tert-OH is 2. The van der Waals surface area contributed by atoms with Crippen LogP contribution in [-0.4, -0.2) is 63.8 Å². The molecule has 0 amide bonds. The number of imidazole rings is 1. The maximum absolute atomic E-state index is 13.3. The summed E-state index contributed by atoms with van der Waals surface area (Å²) in [5.74, 6) is 0. The second kappa shape index (κ2) is 14.3. The molecule has 5 N–H and O–H groups in total. The van der Waals surface area contributed by atoms with Gasteiger partial charge in [0.05, 0.1) is 24.5 Å². The number of hydrogen-bond donors (Lipinski definition) is 5. The molecule has 7 atom stereocenters. The lowest BCUT2D eigenvalue weighted by Gasteiger charge is -2.20. The molecule has 0 bridgehead atoms. The molecule has 17 nitrogen and oxygen atoms in total. The smallest absolute Gasteiger partial charge is 0.387 e. The Bertz CT molecular complexity index is 2340. The third-order valence-electron chi connectivity index (χ3n) is 7.66. The third-order valence-corrected chi connectivity index (χ3v) is 11.9. The van der Waals surface area contributed by atoms with E-state index in [0.29, 0.717) is 5.56 Å². The van der Waals surface area contributed by atoms with E-state index in [1.54, 1.807) is 36.4 Å². The van der Waals surface area contributed by atoms with E-state index in [1.165, 1.54) is 18.2 Å². The first kappa shape index (κ1) is 38.2. The standard InChI is InChI=1S/C29H27F3N3O14P3/c30-29(31,32)21-7-3-6-20(13-21)22-14-35-24(33-22)10-11-34(28(35)38)27-26(37)25(36)23(47-27)16-46-51(41,42)49-52(43,44)48-50(39,40)45-15-17-8-9-18-4-1-2-5-19(18)12-17/h1-14,23,25-27,36-37H,15-16H2,(H,39,40)(H,41,42)(H,43,44). The first-order chi connectivity index (χ1) is 24.3. The highest BCUT2D eigenvalue weighted by Crippen LogP contribution is 2.68. The van der Waals surface area contributed by atoms with E-state index >= 15 is 0 Å². The molecule has 0 spiro atoms. The van der Waals surface area contributed by atoms with Gasteiger partial charge in [-0.25, -0.2) is 23.5 Å². The van der Waals surface area contributed by atoms with Crippen LogP contribution in [0.15, 0.2) is 90.0 Å². The normalized spacial score (nSPS) is 23.0. The van der Waals surface area contributed by atoms with E-state index in [1.807, 2.05) is 6.07 Å². The van der Waals surface area contributed by atoms with Crippen LogP contribution in [0.25, 0.3) is 27.7 Å². The van der Waals surface area contributed by atoms with Crippen LogP contribution >= 0.6 is 23.5 Å². The maximum Gasteiger partial charge on any atom is 0.490 e. The molecule has 0 radical (unpaired) electrons. The summed E-state index contributed by atoms with van der Waals surface area (Å²) < 4.78 is 102. The van der Waals surface area contributed by atoms with Crippen molar-refractivity contribution in [2.75, 3.05) is 6.61 Å². The fourth-order valence-electron chi connectivity index (χ4n) is 5.26. The van der Waals surface area contributed by atoms with Gasteiger partial charge in [-0.15, -0.1) is 0 Å². The van der Waals surface area contributed by atoms with Crippen molar-refractivity contribution in [3.05, 3.63) is 107 Å². The summed E-state index contributed by atoms with van der Waals surface area (Å²) in [7, 11) is -16.9. The van der Waals surface area contributed by atoms with Gasteiger partial charge in [-0.3, -0.25) is 18.0 Å². The summed E-state index contributed by atoms with van der Waals surface area (Å²) >= 11 is 0. The van der Waals surface area contributed by atoms with Crippen LogP contribution in [0.1, 0.15) is 17.4 Å². The van der Waals surface area contributed by atoms with Crippen molar-refractivity contribution >= 4 is 39.9 Å². The zero-order valence-electron chi connectivity index (χ0n) is 26.0. The monoisotopic (exact) mass is 791 g/mol. The summed E-state index contributed by atoms with van der Waals surface area (Å²) in [6.07, 6.45) is -9.42. The minimum absolute atomic E-state index is 0.0121. The minimum atomic E-state index is -5.84. The topological polar surface area (TPSA) is 238 Å². The number of ether oxygens (including phenoxy) is 1. The Morgan fingerprint density at radius 1 is 0.827 bits per heavy atom.